The van der Waals surface area contributed by atoms with Gasteiger partial charge >= 0.3 is 6.09 Å². The molecule has 2 atom stereocenters. The first-order chi connectivity index (χ1) is 16.6. The molecule has 2 fully saturated rings. The van der Waals surface area contributed by atoms with Crippen molar-refractivity contribution < 1.29 is 9.90 Å². The Morgan fingerprint density at radius 3 is 2.85 bits per heavy atom. The van der Waals surface area contributed by atoms with E-state index in [1.54, 1.807) is 11.1 Å². The van der Waals surface area contributed by atoms with Crippen LogP contribution < -0.4 is 10.6 Å². The lowest BCUT2D eigenvalue weighted by atomic mass is 9.88. The Bertz CT molecular complexity index is 1150. The van der Waals surface area contributed by atoms with Gasteiger partial charge in [0.1, 0.15) is 0 Å². The van der Waals surface area contributed by atoms with E-state index in [0.29, 0.717) is 29.1 Å². The van der Waals surface area contributed by atoms with Crippen LogP contribution in [0.25, 0.3) is 22.2 Å². The predicted octanol–water partition coefficient (Wildman–Crippen LogP) is 4.98. The van der Waals surface area contributed by atoms with Crippen LogP contribution in [-0.2, 0) is 0 Å². The maximum absolute atomic E-state index is 12.1. The molecule has 34 heavy (non-hydrogen) atoms. The van der Waals surface area contributed by atoms with Crippen molar-refractivity contribution in [2.45, 2.75) is 50.6 Å². The van der Waals surface area contributed by atoms with E-state index in [4.69, 9.17) is 16.6 Å². The molecular weight excluding hydrogens is 452 g/mol. The highest BCUT2D eigenvalue weighted by atomic mass is 35.5. The van der Waals surface area contributed by atoms with Crippen LogP contribution in [-0.4, -0.2) is 62.8 Å². The Hall–Kier alpha value is -2.84. The summed E-state index contributed by atoms with van der Waals surface area (Å²) in [7, 11) is 0. The zero-order chi connectivity index (χ0) is 23.5. The fourth-order valence-electron chi connectivity index (χ4n) is 5.38. The number of nitrogens with one attached hydrogen (secondary N) is 3. The maximum atomic E-state index is 12.1. The third kappa shape index (κ3) is 4.98. The molecular formula is C25H31ClN6O2. The Balaban J connectivity index is 1.30. The molecule has 2 aromatic heterocycles. The molecule has 2 aliphatic rings. The number of aromatic nitrogens is 3. The molecule has 0 spiro atoms. The molecule has 1 aliphatic carbocycles. The van der Waals surface area contributed by atoms with Gasteiger partial charge in [-0.2, -0.15) is 0 Å². The second kappa shape index (κ2) is 10.2. The summed E-state index contributed by atoms with van der Waals surface area (Å²) >= 11 is 6.48. The number of H-pyrrole nitrogens is 1. The van der Waals surface area contributed by atoms with Gasteiger partial charge in [0, 0.05) is 41.3 Å². The summed E-state index contributed by atoms with van der Waals surface area (Å²) in [5, 5.41) is 18.3. The van der Waals surface area contributed by atoms with Gasteiger partial charge in [0.2, 0.25) is 5.95 Å². The average molecular weight is 483 g/mol. The van der Waals surface area contributed by atoms with E-state index in [2.05, 4.69) is 20.6 Å². The largest absolute Gasteiger partial charge is 0.465 e. The third-order valence-electron chi connectivity index (χ3n) is 7.17. The number of fused-ring (bicyclic) bond motifs is 1. The van der Waals surface area contributed by atoms with Crippen LogP contribution in [0.3, 0.4) is 0 Å². The molecule has 1 aromatic carbocycles. The minimum absolute atomic E-state index is 0.0130. The number of hydrogen-bond acceptors (Lipinski definition) is 5. The van der Waals surface area contributed by atoms with Crippen molar-refractivity contribution in [2.75, 3.05) is 25.0 Å². The summed E-state index contributed by atoms with van der Waals surface area (Å²) in [5.41, 5.74) is 2.65. The Morgan fingerprint density at radius 1 is 1.21 bits per heavy atom. The number of carboxylic acid groups (broad SMARTS) is 1. The lowest BCUT2D eigenvalue weighted by molar-refractivity contribution is 0.0939. The van der Waals surface area contributed by atoms with Crippen molar-refractivity contribution in [1.29, 1.82) is 0 Å². The smallest absolute Gasteiger partial charge is 0.407 e. The third-order valence-corrected chi connectivity index (χ3v) is 7.44. The van der Waals surface area contributed by atoms with Gasteiger partial charge in [-0.15, -0.1) is 0 Å². The first-order valence-electron chi connectivity index (χ1n) is 12.1. The zero-order valence-electron chi connectivity index (χ0n) is 19.1. The van der Waals surface area contributed by atoms with Gasteiger partial charge in [-0.05, 0) is 63.6 Å². The number of benzene rings is 1. The SMILES string of the molecule is O=C(O)N(CC1CCNCC1)C1CCCC(Nc2ncc(Cl)c(-c3c[nH]c4ccccc34)n2)C1. The van der Waals surface area contributed by atoms with Crippen LogP contribution in [0, 0.1) is 5.92 Å². The summed E-state index contributed by atoms with van der Waals surface area (Å²) in [5.74, 6) is 0.958. The molecule has 8 nitrogen and oxygen atoms in total. The number of para-hydroxylation sites is 1. The summed E-state index contributed by atoms with van der Waals surface area (Å²) in [6, 6.07) is 8.18. The molecule has 0 bridgehead atoms. The molecule has 4 N–H and O–H groups in total. The first kappa shape index (κ1) is 22.9. The van der Waals surface area contributed by atoms with Crippen LogP contribution in [0.1, 0.15) is 38.5 Å². The van der Waals surface area contributed by atoms with E-state index in [1.165, 1.54) is 0 Å². The summed E-state index contributed by atoms with van der Waals surface area (Å²) in [6.07, 6.45) is 8.41. The summed E-state index contributed by atoms with van der Waals surface area (Å²) < 4.78 is 0. The number of rotatable bonds is 6. The number of halogens is 1. The minimum atomic E-state index is -0.812. The number of piperidine rings is 1. The molecule has 9 heteroatoms. The Labute approximate surface area is 204 Å². The molecule has 5 rings (SSSR count). The van der Waals surface area contributed by atoms with E-state index >= 15 is 0 Å². The normalized spacial score (nSPS) is 21.4. The van der Waals surface area contributed by atoms with Crippen LogP contribution in [0.15, 0.2) is 36.7 Å². The minimum Gasteiger partial charge on any atom is -0.465 e. The van der Waals surface area contributed by atoms with Gasteiger partial charge in [0.15, 0.2) is 0 Å². The number of nitrogens with zero attached hydrogens (tertiary/aromatic N) is 3. The number of aromatic amines is 1. The van der Waals surface area contributed by atoms with Crippen LogP contribution in [0.2, 0.25) is 5.02 Å². The second-order valence-electron chi connectivity index (χ2n) is 9.43. The maximum Gasteiger partial charge on any atom is 0.407 e. The van der Waals surface area contributed by atoms with Gasteiger partial charge in [0.05, 0.1) is 16.9 Å². The molecule has 1 amide bonds. The molecule has 1 saturated heterocycles. The van der Waals surface area contributed by atoms with Crippen molar-refractivity contribution in [3.63, 3.8) is 0 Å². The lowest BCUT2D eigenvalue weighted by Gasteiger charge is -2.38. The van der Waals surface area contributed by atoms with E-state index in [0.717, 1.165) is 68.1 Å². The van der Waals surface area contributed by atoms with E-state index in [1.807, 2.05) is 30.5 Å². The van der Waals surface area contributed by atoms with Gasteiger partial charge in [0.25, 0.3) is 0 Å². The highest BCUT2D eigenvalue weighted by Crippen LogP contribution is 2.33. The molecule has 3 aromatic rings. The quantitative estimate of drug-likeness (QED) is 0.394. The fourth-order valence-corrected chi connectivity index (χ4v) is 5.57. The molecule has 3 heterocycles. The molecule has 0 radical (unpaired) electrons. The highest BCUT2D eigenvalue weighted by molar-refractivity contribution is 6.33. The molecule has 1 saturated carbocycles. The number of amides is 1. The predicted molar refractivity (Wildman–Crippen MR) is 134 cm³/mol. The van der Waals surface area contributed by atoms with Crippen LogP contribution in [0.4, 0.5) is 10.7 Å². The van der Waals surface area contributed by atoms with E-state index in [9.17, 15) is 9.90 Å². The van der Waals surface area contributed by atoms with Crippen molar-refractivity contribution in [3.8, 4) is 11.3 Å². The van der Waals surface area contributed by atoms with Gasteiger partial charge in [-0.3, -0.25) is 0 Å². The van der Waals surface area contributed by atoms with E-state index < -0.39 is 6.09 Å². The average Bonchev–Trinajstić information content (AvgIpc) is 3.28. The van der Waals surface area contributed by atoms with E-state index in [-0.39, 0.29) is 12.1 Å². The standard InChI is InChI=1S/C25H31ClN6O2/c26-21-14-29-24(31-23(21)20-13-28-22-7-2-1-6-19(20)22)30-17-4-3-5-18(12-17)32(25(33)34)15-16-8-10-27-11-9-16/h1-2,6-7,13-14,16-18,27-28H,3-5,8-12,15H2,(H,33,34)(H,29,30,31). The monoisotopic (exact) mass is 482 g/mol. The molecule has 1 aliphatic heterocycles. The van der Waals surface area contributed by atoms with Crippen molar-refractivity contribution >= 4 is 34.5 Å². The van der Waals surface area contributed by atoms with Crippen LogP contribution in [0.5, 0.6) is 0 Å². The van der Waals surface area contributed by atoms with Gasteiger partial charge in [-0.25, -0.2) is 14.8 Å². The topological polar surface area (TPSA) is 106 Å². The Morgan fingerprint density at radius 2 is 2.03 bits per heavy atom. The van der Waals surface area contributed by atoms with Gasteiger partial charge in [-0.1, -0.05) is 29.8 Å². The summed E-state index contributed by atoms with van der Waals surface area (Å²) in [4.78, 5) is 26.2. The van der Waals surface area contributed by atoms with Crippen molar-refractivity contribution in [3.05, 3.63) is 41.7 Å². The van der Waals surface area contributed by atoms with Crippen molar-refractivity contribution in [2.24, 2.45) is 5.92 Å². The molecule has 2 unspecified atom stereocenters. The summed E-state index contributed by atoms with van der Waals surface area (Å²) in [6.45, 7) is 2.57. The number of carbonyl (C=O) groups is 1. The lowest BCUT2D eigenvalue weighted by Crippen LogP contribution is -2.48. The zero-order valence-corrected chi connectivity index (χ0v) is 19.9. The second-order valence-corrected chi connectivity index (χ2v) is 9.84. The van der Waals surface area contributed by atoms with Gasteiger partial charge < -0.3 is 25.6 Å². The first-order valence-corrected chi connectivity index (χ1v) is 12.5. The Kier molecular flexibility index (Phi) is 6.87. The number of anilines is 1. The fraction of sp³-hybridized carbons (Fsp3) is 0.480. The van der Waals surface area contributed by atoms with Crippen molar-refractivity contribution in [1.82, 2.24) is 25.2 Å². The molecule has 180 valence electrons. The highest BCUT2D eigenvalue weighted by Gasteiger charge is 2.32. The number of hydrogen-bond donors (Lipinski definition) is 4. The van der Waals surface area contributed by atoms with Crippen LogP contribution >= 0.6 is 11.6 Å².